The molecular formula is C88H107N9O21. The first-order valence-corrected chi connectivity index (χ1v) is 37.5. The van der Waals surface area contributed by atoms with E-state index in [0.29, 0.717) is 86.2 Å². The maximum Gasteiger partial charge on any atom is 0.412 e. The number of esters is 6. The van der Waals surface area contributed by atoms with Gasteiger partial charge in [0.2, 0.25) is 0 Å². The number of ether oxygens (including phenoxy) is 8. The van der Waals surface area contributed by atoms with Crippen LogP contribution in [0.2, 0.25) is 0 Å². The predicted molar refractivity (Wildman–Crippen MR) is 445 cm³/mol. The molecule has 2 aliphatic rings. The molecule has 0 saturated carbocycles. The van der Waals surface area contributed by atoms with Gasteiger partial charge in [-0.15, -0.1) is 0 Å². The smallest absolute Gasteiger partial charge is 0.412 e. The monoisotopic (exact) mass is 1630 g/mol. The highest BCUT2D eigenvalue weighted by Gasteiger charge is 2.40. The molecule has 0 aliphatic carbocycles. The van der Waals surface area contributed by atoms with Gasteiger partial charge >= 0.3 is 48.0 Å². The highest BCUT2D eigenvalue weighted by atomic mass is 16.6. The van der Waals surface area contributed by atoms with Gasteiger partial charge in [0, 0.05) is 133 Å². The third-order valence-electron chi connectivity index (χ3n) is 15.5. The first-order valence-electron chi connectivity index (χ1n) is 37.5. The van der Waals surface area contributed by atoms with Gasteiger partial charge in [-0.3, -0.25) is 40.0 Å². The van der Waals surface area contributed by atoms with E-state index in [1.54, 1.807) is 198 Å². The molecule has 0 bridgehead atoms. The maximum absolute atomic E-state index is 13.5. The van der Waals surface area contributed by atoms with Crippen LogP contribution in [0.5, 0.6) is 0 Å². The van der Waals surface area contributed by atoms with Crippen LogP contribution in [0, 0.1) is 0 Å². The minimum atomic E-state index is -0.852. The average Bonchev–Trinajstić information content (AvgIpc) is 0.769. The molecule has 2 amide bonds. The molecule has 0 radical (unpaired) electrons. The molecule has 630 valence electrons. The number of nitrogen functional groups attached to an aromatic ring is 1. The second-order valence-corrected chi connectivity index (χ2v) is 27.9. The van der Waals surface area contributed by atoms with Gasteiger partial charge in [0.25, 0.3) is 0 Å². The molecule has 30 heteroatoms. The fourth-order valence-corrected chi connectivity index (χ4v) is 10.7. The zero-order valence-electron chi connectivity index (χ0n) is 68.5. The fraction of sp³-hybridized carbons (Fsp3) is 0.330. The number of allylic oxidation sites excluding steroid dienone is 5. The third kappa shape index (κ3) is 37.4. The lowest BCUT2D eigenvalue weighted by Crippen LogP contribution is -2.32. The number of amides is 2. The number of Topliss-reactive ketones (excluding diaryl/α,β-unsaturated/α-hetero) is 1. The molecule has 0 saturated heterocycles. The van der Waals surface area contributed by atoms with Crippen LogP contribution in [0.25, 0.3) is 18.2 Å². The molecule has 2 atom stereocenters. The fourth-order valence-electron chi connectivity index (χ4n) is 10.7. The van der Waals surface area contributed by atoms with Crippen molar-refractivity contribution in [2.75, 3.05) is 75.8 Å². The molecular weight excluding hydrogens is 1520 g/mol. The number of hydrogen-bond donors (Lipinski definition) is 9. The Hall–Kier alpha value is -13.2. The van der Waals surface area contributed by atoms with Crippen molar-refractivity contribution in [3.63, 3.8) is 0 Å². The van der Waals surface area contributed by atoms with E-state index in [4.69, 9.17) is 59.9 Å². The number of rotatable bonds is 30. The van der Waals surface area contributed by atoms with Crippen LogP contribution in [0.1, 0.15) is 159 Å². The number of carbonyl (C=O) groups is 10. The van der Waals surface area contributed by atoms with E-state index in [9.17, 15) is 47.9 Å². The highest BCUT2D eigenvalue weighted by molar-refractivity contribution is 6.01. The number of nitrogens with one attached hydrogen (secondary N) is 4. The molecule has 3 aromatic carbocycles. The molecule has 118 heavy (non-hydrogen) atoms. The summed E-state index contributed by atoms with van der Waals surface area (Å²) in [5.41, 5.74) is 19.7. The Morgan fingerprint density at radius 2 is 0.822 bits per heavy atom. The predicted octanol–water partition coefficient (Wildman–Crippen LogP) is 12.2. The Balaban J connectivity index is 0.000000337. The Morgan fingerprint density at radius 1 is 0.466 bits per heavy atom. The molecule has 6 aromatic rings. The lowest BCUT2D eigenvalue weighted by molar-refractivity contribution is -0.145. The molecule has 8 rings (SSSR count). The second kappa shape index (κ2) is 51.6. The number of anilines is 3. The number of pyridine rings is 3. The quantitative estimate of drug-likeness (QED) is 0.00385. The van der Waals surface area contributed by atoms with Crippen LogP contribution in [-0.2, 0) is 71.5 Å². The average molecular weight is 1630 g/mol. The van der Waals surface area contributed by atoms with Crippen molar-refractivity contribution < 1.29 is 101 Å². The first kappa shape index (κ1) is 97.2. The van der Waals surface area contributed by atoms with E-state index in [1.807, 2.05) is 60.7 Å². The number of benzene rings is 3. The van der Waals surface area contributed by atoms with Gasteiger partial charge in [0.05, 0.1) is 53.9 Å². The number of carbonyl (C=O) groups excluding carboxylic acids is 10. The summed E-state index contributed by atoms with van der Waals surface area (Å²) in [6, 6.07) is 31.5. The van der Waals surface area contributed by atoms with Gasteiger partial charge in [-0.2, -0.15) is 0 Å². The minimum Gasteiger partial charge on any atom is -0.462 e. The zero-order chi connectivity index (χ0) is 87.2. The van der Waals surface area contributed by atoms with Crippen molar-refractivity contribution in [3.05, 3.63) is 255 Å². The minimum absolute atomic E-state index is 0.00384. The molecule has 0 fully saturated rings. The van der Waals surface area contributed by atoms with Crippen LogP contribution < -0.4 is 32.7 Å². The molecule has 11 N–H and O–H groups in total. The summed E-state index contributed by atoms with van der Waals surface area (Å²) in [6.07, 6.45) is 22.3. The third-order valence-corrected chi connectivity index (χ3v) is 15.5. The Labute approximate surface area is 687 Å². The molecule has 2 unspecified atom stereocenters. The number of nitrogens with two attached hydrogens (primary N) is 2. The first-order chi connectivity index (χ1) is 56.2. The molecule has 2 aliphatic heterocycles. The summed E-state index contributed by atoms with van der Waals surface area (Å²) in [4.78, 5) is 131. The second-order valence-electron chi connectivity index (χ2n) is 27.9. The number of aliphatic hydroxyl groups excluding tert-OH is 3. The van der Waals surface area contributed by atoms with Crippen molar-refractivity contribution in [1.82, 2.24) is 25.6 Å². The number of aliphatic hydroxyl groups is 3. The molecule has 30 nitrogen and oxygen atoms in total. The molecule has 3 aromatic heterocycles. The molecule has 0 spiro atoms. The van der Waals surface area contributed by atoms with E-state index in [-0.39, 0.29) is 89.2 Å². The van der Waals surface area contributed by atoms with Crippen LogP contribution >= 0.6 is 0 Å². The van der Waals surface area contributed by atoms with E-state index in [2.05, 4.69) is 41.0 Å². The zero-order valence-corrected chi connectivity index (χ0v) is 68.5. The number of aromatic nitrogens is 3. The van der Waals surface area contributed by atoms with Gasteiger partial charge < -0.3 is 75.3 Å². The van der Waals surface area contributed by atoms with E-state index in [1.165, 1.54) is 13.0 Å². The standard InChI is InChI=1S/C31H37N3O7.C26H29N3O5.C12H15NO3.C12H13NO3.C7H13NO3/c1-20-25(28(36)39-17-7-9-22-12-14-32-15-13-22)27(26(21(2)33-20)29(37)40-18-8-16-35)23-10-6-11-24(19-23)34-30(38)41-31(3,4)5;1-17-22(25(31)33-14-4-6-19-9-11-28-12-10-19)24(20-7-3-8-21(27)16-20)23(18(2)29-17)26(32)34-15-5-13-30;1-12(2,3)16-11(15)13-10-6-4-5-9(7-10)8-14;1-10(14)9-12(15)16-8-2-3-11-4-6-13-7-5-11;1-6(8)5-7(10)11-4-2-3-9/h6-7,9-15,19,27,33,35H,8,16-18H2,1-5H3,(H,34,38);3-4,6-12,16,24,29-30H,5,13-15,27H2,1-2H3;4-8H,1-3H3,(H,13,15);2-7H,8-9H2,1H3;5,9H,2-4,8H2,1H3/b9-7+;6-4+;;3-2+;6-5-. The molecule has 5 heterocycles. The summed E-state index contributed by atoms with van der Waals surface area (Å²) >= 11 is 0. The maximum atomic E-state index is 13.5. The Kier molecular flexibility index (Phi) is 42.5. The van der Waals surface area contributed by atoms with Crippen molar-refractivity contribution in [2.45, 2.75) is 132 Å². The number of dihydropyridines is 2. The number of aldehydes is 1. The normalized spacial score (nSPS) is 13.8. The van der Waals surface area contributed by atoms with E-state index < -0.39 is 71.0 Å². The van der Waals surface area contributed by atoms with Crippen molar-refractivity contribution in [2.24, 2.45) is 5.73 Å². The SMILES string of the molecule is C/C(N)=C/C(=O)OCCCO.CC(=O)CC(=O)OC/C=C/c1ccncc1.CC(C)(C)OC(=O)Nc1cccc(C=O)c1.CC1=C(C(=O)OC/C=C/c2ccncc2)C(c2cccc(N)c2)C(C(=O)OCCCO)=C(C)N1.CC1=C(C(=O)OC/C=C/c2ccncc2)C(c2cccc(NC(=O)OC(C)(C)C)c2)C(C(=O)OCCCO)=C(C)N1. The van der Waals surface area contributed by atoms with Gasteiger partial charge in [0.1, 0.15) is 49.5 Å². The van der Waals surface area contributed by atoms with E-state index >= 15 is 0 Å². The van der Waals surface area contributed by atoms with Crippen LogP contribution in [-0.4, -0.2) is 161 Å². The van der Waals surface area contributed by atoms with Gasteiger partial charge in [-0.1, -0.05) is 54.6 Å². The summed E-state index contributed by atoms with van der Waals surface area (Å²) < 4.78 is 41.8. The lowest BCUT2D eigenvalue weighted by atomic mass is 9.80. The van der Waals surface area contributed by atoms with Crippen LogP contribution in [0.3, 0.4) is 0 Å². The van der Waals surface area contributed by atoms with Crippen LogP contribution in [0.15, 0.2) is 221 Å². The van der Waals surface area contributed by atoms with Gasteiger partial charge in [0.15, 0.2) is 0 Å². The summed E-state index contributed by atoms with van der Waals surface area (Å²) in [5.74, 6) is -5.08. The van der Waals surface area contributed by atoms with Gasteiger partial charge in [-0.05, 0) is 202 Å². The lowest BCUT2D eigenvalue weighted by Gasteiger charge is -2.30. The largest absolute Gasteiger partial charge is 0.462 e. The van der Waals surface area contributed by atoms with Crippen molar-refractivity contribution in [3.8, 4) is 0 Å². The van der Waals surface area contributed by atoms with Crippen molar-refractivity contribution >= 4 is 95.4 Å². The Morgan fingerprint density at radius 3 is 1.19 bits per heavy atom. The highest BCUT2D eigenvalue weighted by Crippen LogP contribution is 2.42. The topological polar surface area (TPSA) is 444 Å². The number of ketones is 1. The number of hydrogen-bond acceptors (Lipinski definition) is 28. The number of nitrogens with zero attached hydrogens (tertiary/aromatic N) is 3. The summed E-state index contributed by atoms with van der Waals surface area (Å²) in [6.45, 7) is 20.9. The van der Waals surface area contributed by atoms with Gasteiger partial charge in [-0.25, -0.2) is 33.6 Å². The summed E-state index contributed by atoms with van der Waals surface area (Å²) in [5, 5.41) is 38.0. The van der Waals surface area contributed by atoms with Crippen molar-refractivity contribution in [1.29, 1.82) is 0 Å². The summed E-state index contributed by atoms with van der Waals surface area (Å²) in [7, 11) is 0. The Bertz CT molecular complexity index is 4590. The van der Waals surface area contributed by atoms with Crippen LogP contribution in [0.4, 0.5) is 26.7 Å². The van der Waals surface area contributed by atoms with E-state index in [0.717, 1.165) is 23.0 Å².